The zero-order valence-electron chi connectivity index (χ0n) is 15.3. The minimum atomic E-state index is -0.192. The van der Waals surface area contributed by atoms with Crippen LogP contribution in [-0.2, 0) is 12.5 Å². The molecular formula is C19H22N6O. The van der Waals surface area contributed by atoms with E-state index in [9.17, 15) is 4.79 Å². The zero-order valence-corrected chi connectivity index (χ0v) is 15.3. The molecule has 0 unspecified atom stereocenters. The fourth-order valence-electron chi connectivity index (χ4n) is 3.83. The van der Waals surface area contributed by atoms with Crippen LogP contribution >= 0.6 is 0 Å². The van der Waals surface area contributed by atoms with Crippen molar-refractivity contribution in [2.45, 2.75) is 32.1 Å². The van der Waals surface area contributed by atoms with Crippen LogP contribution in [-0.4, -0.2) is 48.6 Å². The van der Waals surface area contributed by atoms with Gasteiger partial charge in [0.25, 0.3) is 5.91 Å². The summed E-state index contributed by atoms with van der Waals surface area (Å²) in [6.07, 6.45) is 6.58. The Kier molecular flexibility index (Phi) is 3.94. The quantitative estimate of drug-likeness (QED) is 0.708. The summed E-state index contributed by atoms with van der Waals surface area (Å²) >= 11 is 0. The van der Waals surface area contributed by atoms with Gasteiger partial charge in [-0.3, -0.25) is 14.5 Å². The Morgan fingerprint density at radius 2 is 2.12 bits per heavy atom. The van der Waals surface area contributed by atoms with Gasteiger partial charge >= 0.3 is 0 Å². The van der Waals surface area contributed by atoms with Crippen LogP contribution in [0.4, 0.5) is 0 Å². The highest BCUT2D eigenvalue weighted by atomic mass is 16.2. The summed E-state index contributed by atoms with van der Waals surface area (Å²) in [6.45, 7) is 5.53. The van der Waals surface area contributed by atoms with Crippen molar-refractivity contribution in [3.8, 4) is 0 Å². The van der Waals surface area contributed by atoms with Crippen LogP contribution in [0.3, 0.4) is 0 Å². The van der Waals surface area contributed by atoms with Gasteiger partial charge in [-0.15, -0.1) is 0 Å². The SMILES string of the molecule is Cc1nn(C)c2nc([C@]3(C)CCCN(C(=O)c4cnccn4)C3)ccc12. The standard InChI is InChI=1S/C19H22N6O/c1-13-14-5-6-16(22-17(14)24(3)23-13)19(2)7-4-10-25(12-19)18(26)15-11-20-8-9-21-15/h5-6,8-9,11H,4,7,10,12H2,1-3H3/t19-/m1/s1. The van der Waals surface area contributed by atoms with Gasteiger partial charge in [0.15, 0.2) is 5.65 Å². The van der Waals surface area contributed by atoms with Crippen LogP contribution in [0.5, 0.6) is 0 Å². The lowest BCUT2D eigenvalue weighted by Crippen LogP contribution is -2.47. The normalized spacial score (nSPS) is 20.5. The summed E-state index contributed by atoms with van der Waals surface area (Å²) in [6, 6.07) is 4.17. The van der Waals surface area contributed by atoms with E-state index in [2.05, 4.69) is 34.1 Å². The molecule has 1 saturated heterocycles. The second-order valence-corrected chi connectivity index (χ2v) is 7.26. The Bertz CT molecular complexity index is 967. The van der Waals surface area contributed by atoms with E-state index in [4.69, 9.17) is 4.98 Å². The summed E-state index contributed by atoms with van der Waals surface area (Å²) in [4.78, 5) is 27.7. The van der Waals surface area contributed by atoms with E-state index in [-0.39, 0.29) is 11.3 Å². The van der Waals surface area contributed by atoms with E-state index >= 15 is 0 Å². The minimum absolute atomic E-state index is 0.0681. The van der Waals surface area contributed by atoms with Gasteiger partial charge in [0.2, 0.25) is 0 Å². The smallest absolute Gasteiger partial charge is 0.274 e. The van der Waals surface area contributed by atoms with Crippen molar-refractivity contribution < 1.29 is 4.79 Å². The van der Waals surface area contributed by atoms with Gasteiger partial charge in [-0.05, 0) is 31.9 Å². The van der Waals surface area contributed by atoms with Crippen LogP contribution in [0.2, 0.25) is 0 Å². The topological polar surface area (TPSA) is 76.8 Å². The molecular weight excluding hydrogens is 328 g/mol. The lowest BCUT2D eigenvalue weighted by atomic mass is 9.78. The number of pyridine rings is 1. The largest absolute Gasteiger partial charge is 0.336 e. The Labute approximate surface area is 152 Å². The Morgan fingerprint density at radius 3 is 2.88 bits per heavy atom. The molecule has 1 aliphatic heterocycles. The van der Waals surface area contributed by atoms with Gasteiger partial charge in [0, 0.05) is 43.3 Å². The number of likely N-dealkylation sites (tertiary alicyclic amines) is 1. The molecule has 0 saturated carbocycles. The van der Waals surface area contributed by atoms with Crippen molar-refractivity contribution in [2.75, 3.05) is 13.1 Å². The van der Waals surface area contributed by atoms with E-state index in [0.717, 1.165) is 41.8 Å². The number of fused-ring (bicyclic) bond motifs is 1. The number of hydrogen-bond acceptors (Lipinski definition) is 5. The van der Waals surface area contributed by atoms with Crippen LogP contribution < -0.4 is 0 Å². The second kappa shape index (κ2) is 6.16. The molecule has 7 heteroatoms. The lowest BCUT2D eigenvalue weighted by Gasteiger charge is -2.40. The molecule has 26 heavy (non-hydrogen) atoms. The molecule has 4 rings (SSSR count). The van der Waals surface area contributed by atoms with E-state index in [0.29, 0.717) is 12.2 Å². The number of rotatable bonds is 2. The summed E-state index contributed by atoms with van der Waals surface area (Å²) in [5, 5.41) is 5.53. The summed E-state index contributed by atoms with van der Waals surface area (Å²) < 4.78 is 1.82. The van der Waals surface area contributed by atoms with Crippen LogP contribution in [0.1, 0.15) is 41.6 Å². The third kappa shape index (κ3) is 2.73. The van der Waals surface area contributed by atoms with Crippen molar-refractivity contribution in [2.24, 2.45) is 7.05 Å². The molecule has 4 heterocycles. The van der Waals surface area contributed by atoms with Crippen molar-refractivity contribution in [3.05, 3.63) is 47.8 Å². The molecule has 7 nitrogen and oxygen atoms in total. The zero-order chi connectivity index (χ0) is 18.3. The fourth-order valence-corrected chi connectivity index (χ4v) is 3.83. The first kappa shape index (κ1) is 16.6. The van der Waals surface area contributed by atoms with Crippen LogP contribution in [0.25, 0.3) is 11.0 Å². The Balaban J connectivity index is 1.65. The van der Waals surface area contributed by atoms with Gasteiger partial charge in [-0.1, -0.05) is 6.92 Å². The maximum absolute atomic E-state index is 12.8. The third-order valence-electron chi connectivity index (χ3n) is 5.26. The molecule has 0 radical (unpaired) electrons. The molecule has 0 spiro atoms. The van der Waals surface area contributed by atoms with Crippen LogP contribution in [0.15, 0.2) is 30.7 Å². The molecule has 3 aromatic heterocycles. The number of carbonyl (C=O) groups excluding carboxylic acids is 1. The predicted molar refractivity (Wildman–Crippen MR) is 97.8 cm³/mol. The molecule has 3 aromatic rings. The molecule has 0 aliphatic carbocycles. The van der Waals surface area contributed by atoms with E-state index in [1.54, 1.807) is 12.4 Å². The fraction of sp³-hybridized carbons (Fsp3) is 0.421. The monoisotopic (exact) mass is 350 g/mol. The van der Waals surface area contributed by atoms with Crippen molar-refractivity contribution in [1.82, 2.24) is 29.6 Å². The van der Waals surface area contributed by atoms with E-state index < -0.39 is 0 Å². The number of piperidine rings is 1. The average Bonchev–Trinajstić information content (AvgIpc) is 2.95. The first-order valence-corrected chi connectivity index (χ1v) is 8.84. The minimum Gasteiger partial charge on any atom is -0.336 e. The van der Waals surface area contributed by atoms with Gasteiger partial charge in [-0.2, -0.15) is 5.10 Å². The number of aromatic nitrogens is 5. The van der Waals surface area contributed by atoms with E-state index in [1.165, 1.54) is 6.20 Å². The molecule has 1 amide bonds. The molecule has 0 bridgehead atoms. The highest BCUT2D eigenvalue weighted by molar-refractivity contribution is 5.92. The molecule has 1 atom stereocenters. The molecule has 0 aromatic carbocycles. The number of aryl methyl sites for hydroxylation is 2. The average molecular weight is 350 g/mol. The van der Waals surface area contributed by atoms with Gasteiger partial charge in [-0.25, -0.2) is 9.97 Å². The number of hydrogen-bond donors (Lipinski definition) is 0. The van der Waals surface area contributed by atoms with Gasteiger partial charge in [0.05, 0.1) is 17.6 Å². The predicted octanol–water partition coefficient (Wildman–Crippen LogP) is 2.26. The maximum Gasteiger partial charge on any atom is 0.274 e. The molecule has 0 N–H and O–H groups in total. The van der Waals surface area contributed by atoms with Gasteiger partial charge in [0.1, 0.15) is 5.69 Å². The molecule has 1 fully saturated rings. The summed E-state index contributed by atoms with van der Waals surface area (Å²) in [5.41, 5.74) is 3.07. The van der Waals surface area contributed by atoms with Crippen LogP contribution in [0, 0.1) is 6.92 Å². The summed E-state index contributed by atoms with van der Waals surface area (Å²) in [7, 11) is 1.92. The third-order valence-corrected chi connectivity index (χ3v) is 5.26. The number of amides is 1. The first-order chi connectivity index (χ1) is 12.5. The Morgan fingerprint density at radius 1 is 1.27 bits per heavy atom. The van der Waals surface area contributed by atoms with Crippen molar-refractivity contribution >= 4 is 16.9 Å². The number of nitrogens with zero attached hydrogens (tertiary/aromatic N) is 6. The Hall–Kier alpha value is -2.83. The number of carbonyl (C=O) groups is 1. The highest BCUT2D eigenvalue weighted by Crippen LogP contribution is 2.34. The lowest BCUT2D eigenvalue weighted by molar-refractivity contribution is 0.0641. The van der Waals surface area contributed by atoms with Crippen molar-refractivity contribution in [3.63, 3.8) is 0 Å². The highest BCUT2D eigenvalue weighted by Gasteiger charge is 2.36. The first-order valence-electron chi connectivity index (χ1n) is 8.84. The molecule has 1 aliphatic rings. The second-order valence-electron chi connectivity index (χ2n) is 7.26. The van der Waals surface area contributed by atoms with Crippen molar-refractivity contribution in [1.29, 1.82) is 0 Å². The molecule has 134 valence electrons. The maximum atomic E-state index is 12.8. The van der Waals surface area contributed by atoms with E-state index in [1.807, 2.05) is 23.6 Å². The summed E-state index contributed by atoms with van der Waals surface area (Å²) in [5.74, 6) is -0.0681. The van der Waals surface area contributed by atoms with Gasteiger partial charge < -0.3 is 4.90 Å².